The SMILES string of the molecule is CC(C)c1csc(NS(=O)(=O)c2ccc(Br)s2)n1. The van der Waals surface area contributed by atoms with Gasteiger partial charge < -0.3 is 0 Å². The Morgan fingerprint density at radius 2 is 2.11 bits per heavy atom. The minimum Gasteiger partial charge on any atom is -0.254 e. The summed E-state index contributed by atoms with van der Waals surface area (Å²) in [5, 5.41) is 2.27. The average Bonchev–Trinajstić information content (AvgIpc) is 2.86. The predicted molar refractivity (Wildman–Crippen MR) is 79.0 cm³/mol. The fourth-order valence-electron chi connectivity index (χ4n) is 1.21. The third kappa shape index (κ3) is 3.11. The van der Waals surface area contributed by atoms with Gasteiger partial charge in [-0.3, -0.25) is 4.72 Å². The fourth-order valence-corrected chi connectivity index (χ4v) is 5.34. The lowest BCUT2D eigenvalue weighted by Crippen LogP contribution is -2.11. The summed E-state index contributed by atoms with van der Waals surface area (Å²) in [6.45, 7) is 4.04. The minimum atomic E-state index is -3.52. The summed E-state index contributed by atoms with van der Waals surface area (Å²) in [6, 6.07) is 3.27. The van der Waals surface area contributed by atoms with Gasteiger partial charge in [-0.05, 0) is 34.0 Å². The molecule has 8 heteroatoms. The molecule has 98 valence electrons. The van der Waals surface area contributed by atoms with Crippen molar-refractivity contribution in [3.05, 3.63) is 27.0 Å². The maximum atomic E-state index is 12.0. The van der Waals surface area contributed by atoms with Crippen molar-refractivity contribution in [1.82, 2.24) is 4.98 Å². The molecule has 0 aliphatic heterocycles. The van der Waals surface area contributed by atoms with E-state index in [1.165, 1.54) is 22.7 Å². The second-order valence-electron chi connectivity index (χ2n) is 3.90. The van der Waals surface area contributed by atoms with Crippen LogP contribution in [0.15, 0.2) is 25.5 Å². The van der Waals surface area contributed by atoms with Crippen LogP contribution in [-0.4, -0.2) is 13.4 Å². The predicted octanol–water partition coefficient (Wildman–Crippen LogP) is 3.89. The van der Waals surface area contributed by atoms with Crippen LogP contribution in [0, 0.1) is 0 Å². The molecule has 0 saturated carbocycles. The van der Waals surface area contributed by atoms with Gasteiger partial charge in [0.2, 0.25) is 0 Å². The summed E-state index contributed by atoms with van der Waals surface area (Å²) in [6.07, 6.45) is 0. The highest BCUT2D eigenvalue weighted by Crippen LogP contribution is 2.29. The van der Waals surface area contributed by atoms with Crippen molar-refractivity contribution >= 4 is 53.8 Å². The highest BCUT2D eigenvalue weighted by molar-refractivity contribution is 9.11. The van der Waals surface area contributed by atoms with Gasteiger partial charge in [0.05, 0.1) is 9.48 Å². The van der Waals surface area contributed by atoms with Crippen LogP contribution >= 0.6 is 38.6 Å². The molecule has 0 aliphatic carbocycles. The van der Waals surface area contributed by atoms with E-state index in [1.807, 2.05) is 19.2 Å². The number of thiophene rings is 1. The highest BCUT2D eigenvalue weighted by atomic mass is 79.9. The summed E-state index contributed by atoms with van der Waals surface area (Å²) < 4.78 is 27.6. The number of sulfonamides is 1. The van der Waals surface area contributed by atoms with Crippen LogP contribution in [0.5, 0.6) is 0 Å². The summed E-state index contributed by atoms with van der Waals surface area (Å²) in [4.78, 5) is 4.25. The Hall–Kier alpha value is -0.440. The fraction of sp³-hybridized carbons (Fsp3) is 0.300. The molecule has 1 N–H and O–H groups in total. The number of rotatable bonds is 4. The summed E-state index contributed by atoms with van der Waals surface area (Å²) >= 11 is 5.71. The molecule has 4 nitrogen and oxygen atoms in total. The average molecular weight is 367 g/mol. The van der Waals surface area contributed by atoms with Crippen LogP contribution in [0.3, 0.4) is 0 Å². The van der Waals surface area contributed by atoms with Crippen LogP contribution in [-0.2, 0) is 10.0 Å². The molecule has 18 heavy (non-hydrogen) atoms. The number of hydrogen-bond donors (Lipinski definition) is 1. The molecule has 0 unspecified atom stereocenters. The maximum Gasteiger partial charge on any atom is 0.273 e. The van der Waals surface area contributed by atoms with Gasteiger partial charge in [0.15, 0.2) is 5.13 Å². The van der Waals surface area contributed by atoms with Crippen molar-refractivity contribution in [2.24, 2.45) is 0 Å². The highest BCUT2D eigenvalue weighted by Gasteiger charge is 2.18. The Bertz CT molecular complexity index is 646. The summed E-state index contributed by atoms with van der Waals surface area (Å²) in [5.74, 6) is 0.287. The van der Waals surface area contributed by atoms with E-state index in [-0.39, 0.29) is 10.1 Å². The van der Waals surface area contributed by atoms with Gasteiger partial charge in [0.25, 0.3) is 10.0 Å². The molecule has 0 saturated heterocycles. The molecule has 0 fully saturated rings. The number of anilines is 1. The number of nitrogens with zero attached hydrogens (tertiary/aromatic N) is 1. The third-order valence-electron chi connectivity index (χ3n) is 2.15. The first-order valence-corrected chi connectivity index (χ1v) is 9.09. The van der Waals surface area contributed by atoms with Gasteiger partial charge in [-0.15, -0.1) is 22.7 Å². The van der Waals surface area contributed by atoms with Gasteiger partial charge in [-0.25, -0.2) is 13.4 Å². The zero-order valence-corrected chi connectivity index (χ0v) is 13.7. The molecule has 2 aromatic rings. The van der Waals surface area contributed by atoms with E-state index in [4.69, 9.17) is 0 Å². The molecule has 2 rings (SSSR count). The Morgan fingerprint density at radius 1 is 1.39 bits per heavy atom. The second kappa shape index (κ2) is 5.28. The Balaban J connectivity index is 2.22. The van der Waals surface area contributed by atoms with E-state index >= 15 is 0 Å². The molecular weight excluding hydrogens is 356 g/mol. The largest absolute Gasteiger partial charge is 0.273 e. The van der Waals surface area contributed by atoms with Crippen LogP contribution < -0.4 is 4.72 Å². The quantitative estimate of drug-likeness (QED) is 0.892. The first-order valence-electron chi connectivity index (χ1n) is 5.12. The minimum absolute atomic E-state index is 0.274. The number of nitrogens with one attached hydrogen (secondary N) is 1. The van der Waals surface area contributed by atoms with Gasteiger partial charge in [-0.2, -0.15) is 0 Å². The first kappa shape index (κ1) is 14.0. The second-order valence-corrected chi connectivity index (χ2v) is 9.13. The van der Waals surface area contributed by atoms with Crippen LogP contribution in [0.2, 0.25) is 0 Å². The van der Waals surface area contributed by atoms with E-state index in [0.29, 0.717) is 5.13 Å². The molecule has 0 radical (unpaired) electrons. The lowest BCUT2D eigenvalue weighted by molar-refractivity contribution is 0.603. The lowest BCUT2D eigenvalue weighted by Gasteiger charge is -2.02. The van der Waals surface area contributed by atoms with E-state index < -0.39 is 10.0 Å². The summed E-state index contributed by atoms with van der Waals surface area (Å²) in [7, 11) is -3.52. The molecule has 2 aromatic heterocycles. The number of hydrogen-bond acceptors (Lipinski definition) is 5. The molecule has 2 heterocycles. The van der Waals surface area contributed by atoms with E-state index in [9.17, 15) is 8.42 Å². The summed E-state index contributed by atoms with van der Waals surface area (Å²) in [5.41, 5.74) is 0.894. The van der Waals surface area contributed by atoms with Gasteiger partial charge in [-0.1, -0.05) is 13.8 Å². The van der Waals surface area contributed by atoms with Gasteiger partial charge in [0, 0.05) is 5.38 Å². The van der Waals surface area contributed by atoms with Gasteiger partial charge >= 0.3 is 0 Å². The van der Waals surface area contributed by atoms with Crippen molar-refractivity contribution in [3.63, 3.8) is 0 Å². The van der Waals surface area contributed by atoms with Crippen molar-refractivity contribution in [3.8, 4) is 0 Å². The van der Waals surface area contributed by atoms with Crippen molar-refractivity contribution in [1.29, 1.82) is 0 Å². The molecule has 0 amide bonds. The third-order valence-corrected chi connectivity index (χ3v) is 6.51. The van der Waals surface area contributed by atoms with Crippen molar-refractivity contribution < 1.29 is 8.42 Å². The smallest absolute Gasteiger partial charge is 0.254 e. The Labute approximate surface area is 122 Å². The van der Waals surface area contributed by atoms with Crippen LogP contribution in [0.25, 0.3) is 0 Å². The maximum absolute atomic E-state index is 12.0. The van der Waals surface area contributed by atoms with Crippen molar-refractivity contribution in [2.75, 3.05) is 4.72 Å². The van der Waals surface area contributed by atoms with E-state index in [2.05, 4.69) is 25.6 Å². The molecule has 0 aliphatic rings. The zero-order chi connectivity index (χ0) is 13.3. The number of aromatic nitrogens is 1. The van der Waals surface area contributed by atoms with E-state index in [1.54, 1.807) is 12.1 Å². The van der Waals surface area contributed by atoms with Crippen LogP contribution in [0.1, 0.15) is 25.5 Å². The topological polar surface area (TPSA) is 59.1 Å². The normalized spacial score (nSPS) is 12.0. The monoisotopic (exact) mass is 366 g/mol. The molecule has 0 spiro atoms. The Morgan fingerprint density at radius 3 is 2.61 bits per heavy atom. The molecule has 0 bridgehead atoms. The number of halogens is 1. The molecule has 0 atom stereocenters. The first-order chi connectivity index (χ1) is 8.38. The standard InChI is InChI=1S/C10H11BrN2O2S3/c1-6(2)7-5-16-10(12-7)13-18(14,15)9-4-3-8(11)17-9/h3-6H,1-2H3,(H,12,13). The van der Waals surface area contributed by atoms with Crippen LogP contribution in [0.4, 0.5) is 5.13 Å². The van der Waals surface area contributed by atoms with Crippen molar-refractivity contribution in [2.45, 2.75) is 24.0 Å². The lowest BCUT2D eigenvalue weighted by atomic mass is 10.2. The number of thiazole rings is 1. The molecule has 0 aromatic carbocycles. The Kier molecular flexibility index (Phi) is 4.10. The van der Waals surface area contributed by atoms with E-state index in [0.717, 1.165) is 9.48 Å². The zero-order valence-electron chi connectivity index (χ0n) is 9.68. The molecular formula is C10H11BrN2O2S3. The van der Waals surface area contributed by atoms with Gasteiger partial charge in [0.1, 0.15) is 4.21 Å².